The Bertz CT molecular complexity index is 240. The van der Waals surface area contributed by atoms with E-state index in [-0.39, 0.29) is 5.92 Å². The van der Waals surface area contributed by atoms with Crippen molar-refractivity contribution in [1.82, 2.24) is 0 Å². The van der Waals surface area contributed by atoms with E-state index < -0.39 is 11.9 Å². The van der Waals surface area contributed by atoms with Gasteiger partial charge in [0.1, 0.15) is 5.92 Å². The van der Waals surface area contributed by atoms with Crippen LogP contribution in [0, 0.1) is 23.2 Å². The van der Waals surface area contributed by atoms with Crippen LogP contribution in [-0.4, -0.2) is 13.1 Å². The SMILES string of the molecule is CCC=CC(CC)C(C#N)C(=O)OC. The fraction of sp³-hybridized carbons (Fsp3) is 0.636. The van der Waals surface area contributed by atoms with Gasteiger partial charge >= 0.3 is 5.97 Å². The third kappa shape index (κ3) is 3.61. The van der Waals surface area contributed by atoms with E-state index in [1.807, 2.05) is 32.1 Å². The van der Waals surface area contributed by atoms with Crippen molar-refractivity contribution in [3.05, 3.63) is 12.2 Å². The molecule has 78 valence electrons. The maximum atomic E-state index is 11.2. The number of methoxy groups -OCH3 is 1. The molecular formula is C11H17NO2. The first-order valence-electron chi connectivity index (χ1n) is 4.85. The van der Waals surface area contributed by atoms with Crippen LogP contribution < -0.4 is 0 Å². The fourth-order valence-electron chi connectivity index (χ4n) is 1.24. The highest BCUT2D eigenvalue weighted by Crippen LogP contribution is 2.18. The standard InChI is InChI=1S/C11H17NO2/c1-4-6-7-9(5-2)10(8-12)11(13)14-3/h6-7,9-10H,4-5H2,1-3H3. The summed E-state index contributed by atoms with van der Waals surface area (Å²) in [5, 5.41) is 8.84. The minimum atomic E-state index is -0.673. The van der Waals surface area contributed by atoms with E-state index >= 15 is 0 Å². The number of carbonyl (C=O) groups is 1. The van der Waals surface area contributed by atoms with Gasteiger partial charge in [0.2, 0.25) is 0 Å². The summed E-state index contributed by atoms with van der Waals surface area (Å²) >= 11 is 0. The Labute approximate surface area is 85.4 Å². The number of hydrogen-bond acceptors (Lipinski definition) is 3. The van der Waals surface area contributed by atoms with Gasteiger partial charge in [-0.1, -0.05) is 26.0 Å². The van der Waals surface area contributed by atoms with E-state index in [0.29, 0.717) is 0 Å². The zero-order valence-electron chi connectivity index (χ0n) is 8.99. The molecule has 0 aliphatic rings. The van der Waals surface area contributed by atoms with Crippen LogP contribution in [0.4, 0.5) is 0 Å². The third-order valence-corrected chi connectivity index (χ3v) is 2.11. The number of esters is 1. The normalized spacial score (nSPS) is 14.7. The van der Waals surface area contributed by atoms with Crippen LogP contribution in [-0.2, 0) is 9.53 Å². The lowest BCUT2D eigenvalue weighted by atomic mass is 9.90. The lowest BCUT2D eigenvalue weighted by Crippen LogP contribution is -2.22. The summed E-state index contributed by atoms with van der Waals surface area (Å²) in [6.07, 6.45) is 5.58. The molecule has 0 saturated heterocycles. The maximum absolute atomic E-state index is 11.2. The zero-order valence-corrected chi connectivity index (χ0v) is 8.99. The van der Waals surface area contributed by atoms with Gasteiger partial charge in [0.05, 0.1) is 13.2 Å². The first-order chi connectivity index (χ1) is 6.71. The predicted molar refractivity (Wildman–Crippen MR) is 54.3 cm³/mol. The van der Waals surface area contributed by atoms with Crippen molar-refractivity contribution in [3.8, 4) is 6.07 Å². The number of rotatable bonds is 5. The summed E-state index contributed by atoms with van der Waals surface area (Å²) in [5.41, 5.74) is 0. The van der Waals surface area contributed by atoms with E-state index in [0.717, 1.165) is 12.8 Å². The minimum Gasteiger partial charge on any atom is -0.468 e. The summed E-state index contributed by atoms with van der Waals surface area (Å²) in [6, 6.07) is 1.99. The minimum absolute atomic E-state index is 0.0348. The average molecular weight is 195 g/mol. The molecule has 0 fully saturated rings. The molecule has 3 nitrogen and oxygen atoms in total. The number of allylic oxidation sites excluding steroid dienone is 2. The van der Waals surface area contributed by atoms with Crippen molar-refractivity contribution in [2.45, 2.75) is 26.7 Å². The Kier molecular flexibility index (Phi) is 6.47. The Morgan fingerprint density at radius 3 is 2.57 bits per heavy atom. The quantitative estimate of drug-likeness (QED) is 0.499. The van der Waals surface area contributed by atoms with Crippen molar-refractivity contribution < 1.29 is 9.53 Å². The molecule has 2 atom stereocenters. The van der Waals surface area contributed by atoms with Crippen LogP contribution in [0.5, 0.6) is 0 Å². The summed E-state index contributed by atoms with van der Waals surface area (Å²) in [5.74, 6) is -1.15. The maximum Gasteiger partial charge on any atom is 0.323 e. The van der Waals surface area contributed by atoms with Gasteiger partial charge in [-0.05, 0) is 12.8 Å². The van der Waals surface area contributed by atoms with Gasteiger partial charge in [0, 0.05) is 5.92 Å². The molecule has 0 rings (SSSR count). The Balaban J connectivity index is 4.54. The van der Waals surface area contributed by atoms with Crippen molar-refractivity contribution in [2.24, 2.45) is 11.8 Å². The highest BCUT2D eigenvalue weighted by molar-refractivity contribution is 5.75. The van der Waals surface area contributed by atoms with Crippen molar-refractivity contribution in [3.63, 3.8) is 0 Å². The van der Waals surface area contributed by atoms with Gasteiger partial charge < -0.3 is 4.74 Å². The van der Waals surface area contributed by atoms with Gasteiger partial charge in [-0.2, -0.15) is 5.26 Å². The lowest BCUT2D eigenvalue weighted by Gasteiger charge is -2.14. The largest absolute Gasteiger partial charge is 0.468 e. The van der Waals surface area contributed by atoms with Crippen molar-refractivity contribution >= 4 is 5.97 Å². The second kappa shape index (κ2) is 7.14. The van der Waals surface area contributed by atoms with Crippen LogP contribution in [0.15, 0.2) is 12.2 Å². The molecule has 0 spiro atoms. The number of nitriles is 1. The molecule has 0 heterocycles. The van der Waals surface area contributed by atoms with E-state index in [2.05, 4.69) is 4.74 Å². The molecular weight excluding hydrogens is 178 g/mol. The lowest BCUT2D eigenvalue weighted by molar-refractivity contribution is -0.144. The monoisotopic (exact) mass is 195 g/mol. The van der Waals surface area contributed by atoms with Crippen LogP contribution in [0.25, 0.3) is 0 Å². The molecule has 0 aliphatic heterocycles. The zero-order chi connectivity index (χ0) is 11.0. The first-order valence-corrected chi connectivity index (χ1v) is 4.85. The molecule has 2 unspecified atom stereocenters. The van der Waals surface area contributed by atoms with Crippen molar-refractivity contribution in [2.75, 3.05) is 7.11 Å². The Hall–Kier alpha value is -1.30. The van der Waals surface area contributed by atoms with Crippen molar-refractivity contribution in [1.29, 1.82) is 5.26 Å². The summed E-state index contributed by atoms with van der Waals surface area (Å²) < 4.78 is 4.57. The molecule has 0 radical (unpaired) electrons. The molecule has 0 aromatic carbocycles. The summed E-state index contributed by atoms with van der Waals surface area (Å²) in [4.78, 5) is 11.2. The average Bonchev–Trinajstić information content (AvgIpc) is 2.23. The summed E-state index contributed by atoms with van der Waals surface area (Å²) in [7, 11) is 1.31. The van der Waals surface area contributed by atoms with E-state index in [4.69, 9.17) is 5.26 Å². The second-order valence-electron chi connectivity index (χ2n) is 3.04. The molecule has 3 heteroatoms. The molecule has 0 aromatic rings. The fourth-order valence-corrected chi connectivity index (χ4v) is 1.24. The highest BCUT2D eigenvalue weighted by atomic mass is 16.5. The molecule has 0 bridgehead atoms. The molecule has 0 N–H and O–H groups in total. The molecule has 0 amide bonds. The van der Waals surface area contributed by atoms with E-state index in [1.165, 1.54) is 7.11 Å². The van der Waals surface area contributed by atoms with Crippen LogP contribution >= 0.6 is 0 Å². The molecule has 14 heavy (non-hydrogen) atoms. The van der Waals surface area contributed by atoms with Gasteiger partial charge in [-0.25, -0.2) is 0 Å². The van der Waals surface area contributed by atoms with Crippen LogP contribution in [0.3, 0.4) is 0 Å². The number of ether oxygens (including phenoxy) is 1. The van der Waals surface area contributed by atoms with Gasteiger partial charge in [-0.3, -0.25) is 4.79 Å². The smallest absolute Gasteiger partial charge is 0.323 e. The van der Waals surface area contributed by atoms with Gasteiger partial charge in [-0.15, -0.1) is 0 Å². The van der Waals surface area contributed by atoms with Crippen LogP contribution in [0.1, 0.15) is 26.7 Å². The van der Waals surface area contributed by atoms with E-state index in [9.17, 15) is 4.79 Å². The Morgan fingerprint density at radius 1 is 1.57 bits per heavy atom. The summed E-state index contributed by atoms with van der Waals surface area (Å²) in [6.45, 7) is 3.97. The molecule has 0 aromatic heterocycles. The van der Waals surface area contributed by atoms with Crippen LogP contribution in [0.2, 0.25) is 0 Å². The first kappa shape index (κ1) is 12.7. The second-order valence-corrected chi connectivity index (χ2v) is 3.04. The topological polar surface area (TPSA) is 50.1 Å². The van der Waals surface area contributed by atoms with E-state index in [1.54, 1.807) is 0 Å². The number of carbonyl (C=O) groups excluding carboxylic acids is 1. The molecule has 0 aliphatic carbocycles. The third-order valence-electron chi connectivity index (χ3n) is 2.11. The van der Waals surface area contributed by atoms with Gasteiger partial charge in [0.25, 0.3) is 0 Å². The number of hydrogen-bond donors (Lipinski definition) is 0. The Morgan fingerprint density at radius 2 is 2.21 bits per heavy atom. The predicted octanol–water partition coefficient (Wildman–Crippen LogP) is 2.29. The molecule has 0 saturated carbocycles. The highest BCUT2D eigenvalue weighted by Gasteiger charge is 2.25. The number of nitrogens with zero attached hydrogens (tertiary/aromatic N) is 1. The van der Waals surface area contributed by atoms with Gasteiger partial charge in [0.15, 0.2) is 0 Å².